The maximum absolute atomic E-state index is 4.54. The van der Waals surface area contributed by atoms with E-state index < -0.39 is 0 Å². The molecule has 0 bridgehead atoms. The third-order valence-corrected chi connectivity index (χ3v) is 3.58. The van der Waals surface area contributed by atoms with Gasteiger partial charge in [-0.05, 0) is 25.3 Å². The van der Waals surface area contributed by atoms with Crippen LogP contribution in [0.5, 0.6) is 0 Å². The molecule has 0 aliphatic heterocycles. The van der Waals surface area contributed by atoms with Gasteiger partial charge >= 0.3 is 0 Å². The number of anilines is 1. The summed E-state index contributed by atoms with van der Waals surface area (Å²) in [5, 5.41) is 3.13. The summed E-state index contributed by atoms with van der Waals surface area (Å²) in [4.78, 5) is 14.6. The number of nitrogens with one attached hydrogen (secondary N) is 1. The van der Waals surface area contributed by atoms with Crippen LogP contribution >= 0.6 is 11.3 Å². The van der Waals surface area contributed by atoms with Gasteiger partial charge in [-0.3, -0.25) is 0 Å². The van der Waals surface area contributed by atoms with E-state index in [-0.39, 0.29) is 0 Å². The number of hydrogen-bond donors (Lipinski definition) is 1. The zero-order valence-electron chi connectivity index (χ0n) is 9.03. The Morgan fingerprint density at radius 2 is 2.25 bits per heavy atom. The van der Waals surface area contributed by atoms with Gasteiger partial charge in [-0.15, -0.1) is 11.3 Å². The minimum Gasteiger partial charge on any atom is -0.354 e. The van der Waals surface area contributed by atoms with Crippen LogP contribution < -0.4 is 5.32 Å². The van der Waals surface area contributed by atoms with Crippen LogP contribution in [0.2, 0.25) is 0 Å². The van der Waals surface area contributed by atoms with E-state index in [2.05, 4.69) is 20.3 Å². The van der Waals surface area contributed by atoms with Gasteiger partial charge in [0.1, 0.15) is 5.69 Å². The van der Waals surface area contributed by atoms with Crippen molar-refractivity contribution >= 4 is 17.3 Å². The fourth-order valence-electron chi connectivity index (χ4n) is 1.93. The van der Waals surface area contributed by atoms with Gasteiger partial charge in [-0.25, -0.2) is 15.0 Å². The van der Waals surface area contributed by atoms with Crippen molar-refractivity contribution in [2.24, 2.45) is 0 Å². The van der Waals surface area contributed by atoms with Crippen LogP contribution in [0.15, 0.2) is 11.7 Å². The molecule has 0 radical (unpaired) electrons. The van der Waals surface area contributed by atoms with E-state index in [9.17, 15) is 0 Å². The third-order valence-electron chi connectivity index (χ3n) is 2.69. The van der Waals surface area contributed by atoms with Crippen LogP contribution in [0.3, 0.4) is 0 Å². The predicted molar refractivity (Wildman–Crippen MR) is 64.7 cm³/mol. The fraction of sp³-hybridized carbons (Fsp3) is 0.364. The molecule has 0 aromatic carbocycles. The highest BCUT2D eigenvalue weighted by molar-refractivity contribution is 7.10. The van der Waals surface area contributed by atoms with Crippen LogP contribution in [0, 0.1) is 0 Å². The summed E-state index contributed by atoms with van der Waals surface area (Å²) in [6.45, 7) is 2.87. The molecule has 5 heteroatoms. The first-order chi connectivity index (χ1) is 7.88. The van der Waals surface area contributed by atoms with E-state index in [0.717, 1.165) is 30.8 Å². The molecule has 0 saturated carbocycles. The quantitative estimate of drug-likeness (QED) is 0.861. The van der Waals surface area contributed by atoms with Gasteiger partial charge in [0, 0.05) is 17.6 Å². The number of rotatable bonds is 2. The normalized spacial score (nSPS) is 13.1. The lowest BCUT2D eigenvalue weighted by molar-refractivity contribution is 0.917. The van der Waals surface area contributed by atoms with E-state index in [1.54, 1.807) is 11.3 Å². The minimum atomic E-state index is 0.696. The maximum Gasteiger partial charge on any atom is 0.223 e. The molecule has 0 fully saturated rings. The van der Waals surface area contributed by atoms with Crippen LogP contribution in [0.1, 0.15) is 17.4 Å². The SMILES string of the molecule is CCNc1ncc2c(n1)-c1ncsc1CC2. The molecule has 0 atom stereocenters. The van der Waals surface area contributed by atoms with Crippen LogP contribution in [0.25, 0.3) is 11.4 Å². The van der Waals surface area contributed by atoms with Crippen molar-refractivity contribution in [3.05, 3.63) is 22.1 Å². The van der Waals surface area contributed by atoms with Crippen LogP contribution in [-0.2, 0) is 12.8 Å². The molecule has 0 saturated heterocycles. The van der Waals surface area contributed by atoms with Crippen molar-refractivity contribution in [1.82, 2.24) is 15.0 Å². The molecule has 1 aliphatic carbocycles. The van der Waals surface area contributed by atoms with Crippen molar-refractivity contribution in [3.63, 3.8) is 0 Å². The lowest BCUT2D eigenvalue weighted by atomic mass is 10.00. The van der Waals surface area contributed by atoms with E-state index in [4.69, 9.17) is 0 Å². The Morgan fingerprint density at radius 1 is 1.31 bits per heavy atom. The Balaban J connectivity index is 2.11. The average molecular weight is 232 g/mol. The highest BCUT2D eigenvalue weighted by Gasteiger charge is 2.20. The van der Waals surface area contributed by atoms with Gasteiger partial charge in [0.25, 0.3) is 0 Å². The predicted octanol–water partition coefficient (Wildman–Crippen LogP) is 2.13. The van der Waals surface area contributed by atoms with Crippen LogP contribution in [0.4, 0.5) is 5.95 Å². The minimum absolute atomic E-state index is 0.696. The first-order valence-electron chi connectivity index (χ1n) is 5.41. The van der Waals surface area contributed by atoms with Crippen LogP contribution in [-0.4, -0.2) is 21.5 Å². The number of aryl methyl sites for hydroxylation is 2. The summed E-state index contributed by atoms with van der Waals surface area (Å²) >= 11 is 1.72. The van der Waals surface area contributed by atoms with Crippen molar-refractivity contribution in [2.75, 3.05) is 11.9 Å². The Hall–Kier alpha value is -1.49. The largest absolute Gasteiger partial charge is 0.354 e. The van der Waals surface area contributed by atoms with Gasteiger partial charge in [-0.1, -0.05) is 0 Å². The molecule has 2 heterocycles. The number of fused-ring (bicyclic) bond motifs is 3. The standard InChI is InChI=1S/C11H12N4S/c1-2-12-11-13-5-7-3-4-8-10(9(7)15-11)14-6-16-8/h5-6H,2-4H2,1H3,(H,12,13,15). The zero-order chi connectivity index (χ0) is 11.0. The highest BCUT2D eigenvalue weighted by atomic mass is 32.1. The lowest BCUT2D eigenvalue weighted by Gasteiger charge is -2.14. The molecule has 0 spiro atoms. The van der Waals surface area contributed by atoms with Gasteiger partial charge in [0.05, 0.1) is 11.2 Å². The number of hydrogen-bond acceptors (Lipinski definition) is 5. The Morgan fingerprint density at radius 3 is 3.12 bits per heavy atom. The summed E-state index contributed by atoms with van der Waals surface area (Å²) in [5.41, 5.74) is 5.16. The second-order valence-electron chi connectivity index (χ2n) is 3.72. The molecule has 4 nitrogen and oxygen atoms in total. The van der Waals surface area contributed by atoms with Crippen molar-refractivity contribution in [3.8, 4) is 11.4 Å². The van der Waals surface area contributed by atoms with Crippen molar-refractivity contribution < 1.29 is 0 Å². The molecule has 16 heavy (non-hydrogen) atoms. The molecule has 2 aromatic rings. The smallest absolute Gasteiger partial charge is 0.223 e. The third kappa shape index (κ3) is 1.48. The summed E-state index contributed by atoms with van der Waals surface area (Å²) < 4.78 is 0. The van der Waals surface area contributed by atoms with E-state index in [1.165, 1.54) is 10.4 Å². The molecular formula is C11H12N4S. The average Bonchev–Trinajstić information content (AvgIpc) is 2.78. The Labute approximate surface area is 97.8 Å². The highest BCUT2D eigenvalue weighted by Crippen LogP contribution is 2.33. The van der Waals surface area contributed by atoms with Crippen molar-refractivity contribution in [1.29, 1.82) is 0 Å². The molecular weight excluding hydrogens is 220 g/mol. The number of aromatic nitrogens is 3. The first kappa shape index (κ1) is 9.72. The first-order valence-corrected chi connectivity index (χ1v) is 6.29. The molecule has 82 valence electrons. The van der Waals surface area contributed by atoms with Crippen molar-refractivity contribution in [2.45, 2.75) is 19.8 Å². The summed E-state index contributed by atoms with van der Waals surface area (Å²) in [5.74, 6) is 0.696. The van der Waals surface area contributed by atoms with E-state index in [0.29, 0.717) is 5.95 Å². The van der Waals surface area contributed by atoms with Gasteiger partial charge < -0.3 is 5.32 Å². The van der Waals surface area contributed by atoms with E-state index >= 15 is 0 Å². The zero-order valence-corrected chi connectivity index (χ0v) is 9.84. The maximum atomic E-state index is 4.54. The lowest BCUT2D eigenvalue weighted by Crippen LogP contribution is -2.09. The molecule has 2 aromatic heterocycles. The van der Waals surface area contributed by atoms with Gasteiger partial charge in [-0.2, -0.15) is 0 Å². The second kappa shape index (κ2) is 3.83. The summed E-state index contributed by atoms with van der Waals surface area (Å²) in [6.07, 6.45) is 4.01. The number of nitrogens with zero attached hydrogens (tertiary/aromatic N) is 3. The monoisotopic (exact) mass is 232 g/mol. The molecule has 0 unspecified atom stereocenters. The summed E-state index contributed by atoms with van der Waals surface area (Å²) in [7, 11) is 0. The molecule has 1 N–H and O–H groups in total. The Kier molecular flexibility index (Phi) is 2.32. The molecule has 1 aliphatic rings. The second-order valence-corrected chi connectivity index (χ2v) is 4.66. The van der Waals surface area contributed by atoms with E-state index in [1.807, 2.05) is 18.6 Å². The molecule has 0 amide bonds. The van der Waals surface area contributed by atoms with Gasteiger partial charge in [0.2, 0.25) is 5.95 Å². The number of thiazole rings is 1. The van der Waals surface area contributed by atoms with Gasteiger partial charge in [0.15, 0.2) is 0 Å². The fourth-order valence-corrected chi connectivity index (χ4v) is 2.69. The Bertz CT molecular complexity index is 520. The summed E-state index contributed by atoms with van der Waals surface area (Å²) in [6, 6.07) is 0. The topological polar surface area (TPSA) is 50.7 Å². The molecule has 3 rings (SSSR count).